The van der Waals surface area contributed by atoms with Crippen LogP contribution in [0.4, 0.5) is 15.5 Å². The van der Waals surface area contributed by atoms with Crippen molar-refractivity contribution in [2.75, 3.05) is 32.2 Å². The van der Waals surface area contributed by atoms with E-state index in [4.69, 9.17) is 29.4 Å². The molecule has 0 unspecified atom stereocenters. The third-order valence-corrected chi connectivity index (χ3v) is 6.89. The van der Waals surface area contributed by atoms with Crippen molar-refractivity contribution < 1.29 is 47.6 Å². The standard InChI is InChI=1S/C22H34N5O10P/c1-14(2)8-33-19(28)35-11-22(38(30,31)32,12-36-20(29)34-9-15(3)4)37-21(5-6-21)10-27-13-25-16-7-24-18(23)26-17(16)27/h7,13-15H,5-6,8-12H2,1-4H3,(H2,23,24,26)(H2,30,31,32). The summed E-state index contributed by atoms with van der Waals surface area (Å²) in [4.78, 5) is 57.3. The van der Waals surface area contributed by atoms with E-state index in [1.807, 2.05) is 27.7 Å². The number of ether oxygens (including phenoxy) is 5. The van der Waals surface area contributed by atoms with Gasteiger partial charge in [-0.25, -0.2) is 19.6 Å². The number of aromatic nitrogens is 4. The first-order chi connectivity index (χ1) is 17.7. The van der Waals surface area contributed by atoms with E-state index in [0.717, 1.165) is 0 Å². The zero-order valence-corrected chi connectivity index (χ0v) is 22.6. The van der Waals surface area contributed by atoms with Gasteiger partial charge in [-0.15, -0.1) is 0 Å². The molecule has 0 amide bonds. The molecule has 212 valence electrons. The number of hydrogen-bond acceptors (Lipinski definition) is 12. The zero-order valence-electron chi connectivity index (χ0n) is 21.7. The minimum atomic E-state index is -5.26. The maximum Gasteiger partial charge on any atom is 0.508 e. The van der Waals surface area contributed by atoms with Crippen LogP contribution in [0.25, 0.3) is 11.2 Å². The monoisotopic (exact) mass is 559 g/mol. The van der Waals surface area contributed by atoms with Gasteiger partial charge in [0.1, 0.15) is 18.7 Å². The molecule has 15 nitrogen and oxygen atoms in total. The first kappa shape index (κ1) is 29.6. The van der Waals surface area contributed by atoms with Gasteiger partial charge in [-0.1, -0.05) is 27.7 Å². The number of nitrogens with zero attached hydrogens (tertiary/aromatic N) is 4. The Morgan fingerprint density at radius 3 is 2.08 bits per heavy atom. The molecule has 16 heteroatoms. The summed E-state index contributed by atoms with van der Waals surface area (Å²) in [5, 5.41) is -2.54. The number of carbonyl (C=O) groups is 2. The second-order valence-corrected chi connectivity index (χ2v) is 12.0. The van der Waals surface area contributed by atoms with E-state index < -0.39 is 44.1 Å². The molecular weight excluding hydrogens is 525 g/mol. The van der Waals surface area contributed by atoms with Crippen molar-refractivity contribution in [1.82, 2.24) is 19.5 Å². The van der Waals surface area contributed by atoms with Gasteiger partial charge in [0.2, 0.25) is 11.3 Å². The molecule has 1 aliphatic carbocycles. The highest BCUT2D eigenvalue weighted by atomic mass is 31.2. The van der Waals surface area contributed by atoms with E-state index in [0.29, 0.717) is 24.0 Å². The van der Waals surface area contributed by atoms with Crippen LogP contribution in [0.1, 0.15) is 40.5 Å². The number of rotatable bonds is 13. The fraction of sp³-hybridized carbons (Fsp3) is 0.682. The molecular formula is C22H34N5O10P. The second kappa shape index (κ2) is 11.8. The van der Waals surface area contributed by atoms with Gasteiger partial charge in [-0.3, -0.25) is 4.57 Å². The number of nitrogen functional groups attached to an aromatic ring is 1. The van der Waals surface area contributed by atoms with E-state index in [1.165, 1.54) is 12.5 Å². The summed E-state index contributed by atoms with van der Waals surface area (Å²) in [7, 11) is -5.26. The minimum absolute atomic E-state index is 0.00184. The van der Waals surface area contributed by atoms with Crippen molar-refractivity contribution in [1.29, 1.82) is 0 Å². The highest BCUT2D eigenvalue weighted by molar-refractivity contribution is 7.53. The number of nitrogens with two attached hydrogens (primary N) is 1. The van der Waals surface area contributed by atoms with Gasteiger partial charge in [0.15, 0.2) is 5.65 Å². The van der Waals surface area contributed by atoms with Crippen LogP contribution in [-0.4, -0.2) is 79.0 Å². The molecule has 0 radical (unpaired) electrons. The number of fused-ring (bicyclic) bond motifs is 1. The number of anilines is 1. The van der Waals surface area contributed by atoms with Crippen LogP contribution in [-0.2, 0) is 34.8 Å². The summed E-state index contributed by atoms with van der Waals surface area (Å²) in [6.07, 6.45) is 1.40. The summed E-state index contributed by atoms with van der Waals surface area (Å²) in [5.41, 5.74) is 5.43. The van der Waals surface area contributed by atoms with Gasteiger partial charge in [0, 0.05) is 0 Å². The molecule has 1 saturated carbocycles. The van der Waals surface area contributed by atoms with Gasteiger partial charge in [0.25, 0.3) is 0 Å². The number of carbonyl (C=O) groups excluding carboxylic acids is 2. The topological polar surface area (TPSA) is 207 Å². The molecule has 0 aromatic carbocycles. The molecule has 4 N–H and O–H groups in total. The van der Waals surface area contributed by atoms with Gasteiger partial charge in [-0.2, -0.15) is 4.98 Å². The van der Waals surface area contributed by atoms with Crippen LogP contribution in [0.2, 0.25) is 0 Å². The van der Waals surface area contributed by atoms with Crippen molar-refractivity contribution in [3.8, 4) is 0 Å². The lowest BCUT2D eigenvalue weighted by Gasteiger charge is -2.36. The Morgan fingerprint density at radius 2 is 1.61 bits per heavy atom. The Kier molecular flexibility index (Phi) is 9.18. The van der Waals surface area contributed by atoms with E-state index >= 15 is 0 Å². The van der Waals surface area contributed by atoms with Gasteiger partial charge < -0.3 is 43.8 Å². The smallest absolute Gasteiger partial charge is 0.434 e. The van der Waals surface area contributed by atoms with Crippen molar-refractivity contribution in [2.24, 2.45) is 11.8 Å². The van der Waals surface area contributed by atoms with Crippen LogP contribution in [0.15, 0.2) is 12.5 Å². The van der Waals surface area contributed by atoms with Crippen LogP contribution in [0.5, 0.6) is 0 Å². The molecule has 3 rings (SSSR count). The molecule has 1 fully saturated rings. The Hall–Kier alpha value is -3.00. The molecule has 0 atom stereocenters. The van der Waals surface area contributed by atoms with Crippen molar-refractivity contribution in [2.45, 2.75) is 58.0 Å². The van der Waals surface area contributed by atoms with Crippen LogP contribution in [0, 0.1) is 11.8 Å². The molecule has 0 spiro atoms. The van der Waals surface area contributed by atoms with Gasteiger partial charge in [0.05, 0.1) is 37.9 Å². The second-order valence-electron chi connectivity index (χ2n) is 10.1. The highest BCUT2D eigenvalue weighted by Gasteiger charge is 2.59. The summed E-state index contributed by atoms with van der Waals surface area (Å²) in [6.45, 7) is 5.47. The summed E-state index contributed by atoms with van der Waals surface area (Å²) in [5.74, 6) is 0.0279. The molecule has 2 aromatic heterocycles. The van der Waals surface area contributed by atoms with Crippen LogP contribution in [0.3, 0.4) is 0 Å². The molecule has 38 heavy (non-hydrogen) atoms. The lowest BCUT2D eigenvalue weighted by atomic mass is 10.2. The average Bonchev–Trinajstić information content (AvgIpc) is 3.48. The van der Waals surface area contributed by atoms with E-state index in [9.17, 15) is 23.9 Å². The third-order valence-electron chi connectivity index (χ3n) is 5.48. The predicted molar refractivity (Wildman–Crippen MR) is 132 cm³/mol. The average molecular weight is 560 g/mol. The first-order valence-electron chi connectivity index (χ1n) is 12.0. The number of imidazole rings is 1. The Morgan fingerprint density at radius 1 is 1.05 bits per heavy atom. The Bertz CT molecular complexity index is 1150. The summed E-state index contributed by atoms with van der Waals surface area (Å²) in [6, 6.07) is 0. The number of hydrogen-bond donors (Lipinski definition) is 3. The molecule has 0 bridgehead atoms. The molecule has 0 saturated heterocycles. The molecule has 0 aliphatic heterocycles. The van der Waals surface area contributed by atoms with Crippen molar-refractivity contribution in [3.63, 3.8) is 0 Å². The van der Waals surface area contributed by atoms with Crippen molar-refractivity contribution in [3.05, 3.63) is 12.5 Å². The first-order valence-corrected chi connectivity index (χ1v) is 13.6. The van der Waals surface area contributed by atoms with Gasteiger partial charge >= 0.3 is 19.9 Å². The van der Waals surface area contributed by atoms with Crippen LogP contribution >= 0.6 is 7.60 Å². The molecule has 2 aromatic rings. The summed E-state index contributed by atoms with van der Waals surface area (Å²) >= 11 is 0. The Balaban J connectivity index is 1.84. The van der Waals surface area contributed by atoms with E-state index in [1.54, 1.807) is 4.57 Å². The Labute approximate surface area is 219 Å². The third kappa shape index (κ3) is 7.76. The van der Waals surface area contributed by atoms with Gasteiger partial charge in [-0.05, 0) is 24.7 Å². The molecule has 2 heterocycles. The normalized spacial score (nSPS) is 15.1. The quantitative estimate of drug-likeness (QED) is 0.238. The maximum atomic E-state index is 12.8. The largest absolute Gasteiger partial charge is 0.508 e. The predicted octanol–water partition coefficient (Wildman–Crippen LogP) is 2.45. The highest BCUT2D eigenvalue weighted by Crippen LogP contribution is 2.57. The lowest BCUT2D eigenvalue weighted by Crippen LogP contribution is -2.48. The maximum absolute atomic E-state index is 12.8. The van der Waals surface area contributed by atoms with Crippen molar-refractivity contribution >= 4 is 37.0 Å². The fourth-order valence-corrected chi connectivity index (χ4v) is 4.13. The zero-order chi connectivity index (χ0) is 28.1. The lowest BCUT2D eigenvalue weighted by molar-refractivity contribution is -0.131. The fourth-order valence-electron chi connectivity index (χ4n) is 3.35. The van der Waals surface area contributed by atoms with Crippen LogP contribution < -0.4 is 5.73 Å². The minimum Gasteiger partial charge on any atom is -0.434 e. The summed E-state index contributed by atoms with van der Waals surface area (Å²) < 4.78 is 40.5. The van der Waals surface area contributed by atoms with E-state index in [2.05, 4.69) is 15.0 Å². The molecule has 1 aliphatic rings. The van der Waals surface area contributed by atoms with E-state index in [-0.39, 0.29) is 37.5 Å². The SMILES string of the molecule is CC(C)COC(=O)OCC(COC(=O)OCC(C)C)(OC1(Cn2cnc3cnc(N)nc32)CC1)P(=O)(O)O.